The van der Waals surface area contributed by atoms with Gasteiger partial charge in [0.2, 0.25) is 0 Å². The number of hydrazine groups is 1. The van der Waals surface area contributed by atoms with E-state index in [1.807, 2.05) is 38.1 Å². The van der Waals surface area contributed by atoms with E-state index < -0.39 is 0 Å². The monoisotopic (exact) mass is 207 g/mol. The maximum absolute atomic E-state index is 5.54. The van der Waals surface area contributed by atoms with Crippen molar-refractivity contribution in [2.45, 2.75) is 6.92 Å². The molecular weight excluding hydrogens is 194 g/mol. The van der Waals surface area contributed by atoms with Gasteiger partial charge in [-0.15, -0.1) is 0 Å². The molecular formula is C6H14BrN3. The number of allylic oxidation sites excluding steroid dienone is 1. The Morgan fingerprint density at radius 2 is 1.70 bits per heavy atom. The average molecular weight is 208 g/mol. The Morgan fingerprint density at radius 3 is 1.80 bits per heavy atom. The first-order chi connectivity index (χ1) is 4.46. The molecule has 0 saturated heterocycles. The summed E-state index contributed by atoms with van der Waals surface area (Å²) >= 11 is 3.35. The molecule has 0 aromatic carbocycles. The molecule has 0 amide bonds. The topological polar surface area (TPSA) is 32.5 Å². The SMILES string of the molecule is C/C(N)=C(/Br)N(C)N(C)C. The Labute approximate surface area is 70.6 Å². The van der Waals surface area contributed by atoms with Crippen LogP contribution in [0.5, 0.6) is 0 Å². The Balaban J connectivity index is 4.22. The van der Waals surface area contributed by atoms with E-state index >= 15 is 0 Å². The third-order valence-corrected chi connectivity index (χ3v) is 2.35. The first-order valence-corrected chi connectivity index (χ1v) is 3.79. The van der Waals surface area contributed by atoms with E-state index in [-0.39, 0.29) is 0 Å². The van der Waals surface area contributed by atoms with Gasteiger partial charge >= 0.3 is 0 Å². The van der Waals surface area contributed by atoms with Crippen molar-refractivity contribution in [3.63, 3.8) is 0 Å². The van der Waals surface area contributed by atoms with Crippen molar-refractivity contribution >= 4 is 15.9 Å². The number of rotatable bonds is 2. The number of hydrogen-bond acceptors (Lipinski definition) is 3. The van der Waals surface area contributed by atoms with Crippen LogP contribution >= 0.6 is 15.9 Å². The number of hydrogen-bond donors (Lipinski definition) is 1. The van der Waals surface area contributed by atoms with Gasteiger partial charge in [-0.25, -0.2) is 5.01 Å². The van der Waals surface area contributed by atoms with Gasteiger partial charge in [0.25, 0.3) is 0 Å². The van der Waals surface area contributed by atoms with Gasteiger partial charge in [-0.05, 0) is 22.9 Å². The molecule has 0 aromatic rings. The fourth-order valence-corrected chi connectivity index (χ4v) is 0.748. The molecule has 0 fully saturated rings. The van der Waals surface area contributed by atoms with Crippen LogP contribution in [0.2, 0.25) is 0 Å². The molecule has 0 aliphatic rings. The summed E-state index contributed by atoms with van der Waals surface area (Å²) in [6.45, 7) is 1.85. The van der Waals surface area contributed by atoms with Crippen LogP contribution in [0.25, 0.3) is 0 Å². The normalized spacial score (nSPS) is 13.4. The van der Waals surface area contributed by atoms with Crippen molar-refractivity contribution < 1.29 is 0 Å². The Morgan fingerprint density at radius 1 is 1.30 bits per heavy atom. The largest absolute Gasteiger partial charge is 0.400 e. The highest BCUT2D eigenvalue weighted by Crippen LogP contribution is 2.12. The summed E-state index contributed by atoms with van der Waals surface area (Å²) in [6.07, 6.45) is 0. The lowest BCUT2D eigenvalue weighted by Crippen LogP contribution is -2.31. The van der Waals surface area contributed by atoms with Crippen LogP contribution in [0.4, 0.5) is 0 Å². The molecule has 60 valence electrons. The highest BCUT2D eigenvalue weighted by Gasteiger charge is 2.03. The van der Waals surface area contributed by atoms with E-state index in [0.717, 1.165) is 10.3 Å². The maximum atomic E-state index is 5.54. The fourth-order valence-electron chi connectivity index (χ4n) is 0.431. The highest BCUT2D eigenvalue weighted by atomic mass is 79.9. The number of nitrogens with zero attached hydrogens (tertiary/aromatic N) is 2. The zero-order valence-corrected chi connectivity index (χ0v) is 8.44. The Kier molecular flexibility index (Phi) is 3.75. The second-order valence-electron chi connectivity index (χ2n) is 2.34. The van der Waals surface area contributed by atoms with Gasteiger partial charge < -0.3 is 10.7 Å². The van der Waals surface area contributed by atoms with Crippen molar-refractivity contribution in [3.8, 4) is 0 Å². The molecule has 10 heavy (non-hydrogen) atoms. The van der Waals surface area contributed by atoms with Crippen molar-refractivity contribution in [2.24, 2.45) is 5.73 Å². The lowest BCUT2D eigenvalue weighted by atomic mass is 10.5. The third-order valence-electron chi connectivity index (χ3n) is 1.21. The summed E-state index contributed by atoms with van der Waals surface area (Å²) in [5.74, 6) is 0. The van der Waals surface area contributed by atoms with Gasteiger partial charge in [0.05, 0.1) is 0 Å². The lowest BCUT2D eigenvalue weighted by Gasteiger charge is -2.26. The number of halogens is 1. The fraction of sp³-hybridized carbons (Fsp3) is 0.667. The zero-order valence-electron chi connectivity index (χ0n) is 6.85. The first kappa shape index (κ1) is 9.78. The molecule has 0 spiro atoms. The summed E-state index contributed by atoms with van der Waals surface area (Å²) in [7, 11) is 5.83. The minimum atomic E-state index is 0.774. The maximum Gasteiger partial charge on any atom is 0.113 e. The summed E-state index contributed by atoms with van der Waals surface area (Å²) < 4.78 is 0.900. The van der Waals surface area contributed by atoms with Crippen LogP contribution in [-0.4, -0.2) is 31.2 Å². The van der Waals surface area contributed by atoms with Crippen LogP contribution in [0.1, 0.15) is 6.92 Å². The molecule has 0 aliphatic carbocycles. The molecule has 0 aliphatic heterocycles. The summed E-state index contributed by atoms with van der Waals surface area (Å²) in [4.78, 5) is 0. The minimum Gasteiger partial charge on any atom is -0.400 e. The van der Waals surface area contributed by atoms with Crippen molar-refractivity contribution in [1.29, 1.82) is 0 Å². The van der Waals surface area contributed by atoms with Crippen molar-refractivity contribution in [3.05, 3.63) is 10.3 Å². The van der Waals surface area contributed by atoms with Gasteiger partial charge in [-0.2, -0.15) is 0 Å². The second-order valence-corrected chi connectivity index (χ2v) is 3.10. The molecule has 0 aromatic heterocycles. The molecule has 0 bridgehead atoms. The third kappa shape index (κ3) is 2.58. The molecule has 0 atom stereocenters. The molecule has 0 radical (unpaired) electrons. The van der Waals surface area contributed by atoms with E-state index in [4.69, 9.17) is 5.73 Å². The number of nitrogens with two attached hydrogens (primary N) is 1. The average Bonchev–Trinajstić information content (AvgIpc) is 1.84. The van der Waals surface area contributed by atoms with Crippen LogP contribution in [0.15, 0.2) is 10.3 Å². The Hall–Kier alpha value is -0.220. The van der Waals surface area contributed by atoms with Gasteiger partial charge in [0.15, 0.2) is 0 Å². The summed E-state index contributed by atoms with van der Waals surface area (Å²) in [5.41, 5.74) is 6.31. The molecule has 2 N–H and O–H groups in total. The lowest BCUT2D eigenvalue weighted by molar-refractivity contribution is 0.110. The van der Waals surface area contributed by atoms with E-state index in [0.29, 0.717) is 0 Å². The van der Waals surface area contributed by atoms with Gasteiger partial charge in [-0.3, -0.25) is 0 Å². The van der Waals surface area contributed by atoms with E-state index in [9.17, 15) is 0 Å². The highest BCUT2D eigenvalue weighted by molar-refractivity contribution is 9.11. The van der Waals surface area contributed by atoms with Crippen molar-refractivity contribution in [2.75, 3.05) is 21.1 Å². The van der Waals surface area contributed by atoms with E-state index in [1.54, 1.807) is 0 Å². The van der Waals surface area contributed by atoms with Crippen molar-refractivity contribution in [1.82, 2.24) is 10.0 Å². The van der Waals surface area contributed by atoms with Crippen LogP contribution in [-0.2, 0) is 0 Å². The van der Waals surface area contributed by atoms with E-state index in [2.05, 4.69) is 15.9 Å². The summed E-state index contributed by atoms with van der Waals surface area (Å²) in [6, 6.07) is 0. The second kappa shape index (κ2) is 3.83. The smallest absolute Gasteiger partial charge is 0.113 e. The van der Waals surface area contributed by atoms with Gasteiger partial charge in [0.1, 0.15) is 4.61 Å². The minimum absolute atomic E-state index is 0.774. The van der Waals surface area contributed by atoms with E-state index in [1.165, 1.54) is 0 Å². The predicted octanol–water partition coefficient (Wildman–Crippen LogP) is 0.937. The molecule has 0 rings (SSSR count). The standard InChI is InChI=1S/C6H14BrN3/c1-5(8)6(7)10(4)9(2)3/h8H2,1-4H3/b6-5+. The van der Waals surface area contributed by atoms with Crippen LogP contribution in [0, 0.1) is 0 Å². The zero-order chi connectivity index (χ0) is 8.31. The molecule has 0 unspecified atom stereocenters. The predicted molar refractivity (Wildman–Crippen MR) is 47.3 cm³/mol. The van der Waals surface area contributed by atoms with Gasteiger partial charge in [0, 0.05) is 26.8 Å². The first-order valence-electron chi connectivity index (χ1n) is 2.99. The van der Waals surface area contributed by atoms with Crippen LogP contribution in [0.3, 0.4) is 0 Å². The molecule has 3 nitrogen and oxygen atoms in total. The molecule has 0 heterocycles. The molecule has 4 heteroatoms. The Bertz CT molecular complexity index is 138. The van der Waals surface area contributed by atoms with Crippen LogP contribution < -0.4 is 5.73 Å². The van der Waals surface area contributed by atoms with Gasteiger partial charge in [-0.1, -0.05) is 0 Å². The molecule has 0 saturated carbocycles. The summed E-state index contributed by atoms with van der Waals surface area (Å²) in [5, 5.41) is 3.84. The quantitative estimate of drug-likeness (QED) is 0.541.